The van der Waals surface area contributed by atoms with E-state index in [9.17, 15) is 18.0 Å². The summed E-state index contributed by atoms with van der Waals surface area (Å²) in [4.78, 5) is 21.5. The van der Waals surface area contributed by atoms with Gasteiger partial charge in [0, 0.05) is 24.3 Å². The van der Waals surface area contributed by atoms with E-state index in [2.05, 4.69) is 15.5 Å². The molecule has 0 saturated carbocycles. The van der Waals surface area contributed by atoms with Crippen molar-refractivity contribution in [2.45, 2.75) is 6.18 Å². The number of aryl methyl sites for hydroxylation is 1. The van der Waals surface area contributed by atoms with Crippen molar-refractivity contribution < 1.29 is 27.9 Å². The maximum Gasteiger partial charge on any atom is 0.490 e. The molecule has 4 aromatic rings. The molecule has 4 rings (SSSR count). The molecule has 0 fully saturated rings. The molecule has 0 atom stereocenters. The maximum atomic E-state index is 12.6. The van der Waals surface area contributed by atoms with Crippen molar-refractivity contribution in [3.8, 4) is 0 Å². The first-order valence-corrected chi connectivity index (χ1v) is 9.80. The van der Waals surface area contributed by atoms with Gasteiger partial charge in [0.2, 0.25) is 0 Å². The third-order valence-corrected chi connectivity index (χ3v) is 4.63. The third kappa shape index (κ3) is 5.82. The summed E-state index contributed by atoms with van der Waals surface area (Å²) in [7, 11) is 1.79. The van der Waals surface area contributed by atoms with E-state index >= 15 is 0 Å². The summed E-state index contributed by atoms with van der Waals surface area (Å²) < 4.78 is 33.4. The van der Waals surface area contributed by atoms with E-state index in [-0.39, 0.29) is 5.91 Å². The molecule has 0 aliphatic carbocycles. The van der Waals surface area contributed by atoms with Crippen molar-refractivity contribution in [2.75, 3.05) is 11.1 Å². The summed E-state index contributed by atoms with van der Waals surface area (Å²) in [6, 6.07) is 17.2. The van der Waals surface area contributed by atoms with Crippen LogP contribution in [-0.4, -0.2) is 37.9 Å². The minimum atomic E-state index is -5.08. The number of H-pyrrole nitrogens is 1. The van der Waals surface area contributed by atoms with Crippen LogP contribution in [0.15, 0.2) is 60.8 Å². The average Bonchev–Trinajstić information content (AvgIpc) is 3.35. The highest BCUT2D eigenvalue weighted by atomic mass is 19.4. The second-order valence-corrected chi connectivity index (χ2v) is 7.10. The largest absolute Gasteiger partial charge is 0.490 e. The number of aromatic amines is 1. The minimum Gasteiger partial charge on any atom is -0.475 e. The molecular weight excluding hydrogens is 451 g/mol. The molecule has 0 saturated heterocycles. The first-order valence-electron chi connectivity index (χ1n) is 9.80. The van der Waals surface area contributed by atoms with Gasteiger partial charge in [-0.05, 0) is 29.8 Å². The molecule has 0 radical (unpaired) electrons. The number of halogens is 3. The highest BCUT2D eigenvalue weighted by molar-refractivity contribution is 6.05. The standard InChI is InChI=1S/C21H19N5O.C2HF3O2/c1-26-13-15(22)12-20(26)21(27)23-17-8-4-2-6-14(17)10-11-19-16-7-3-5-9-18(16)24-25-19;3-2(4,5)1(6)7/h2-13H,22H2,1H3,(H,23,27)(H,24,25);(H,6,7). The number of aromatic nitrogens is 3. The van der Waals surface area contributed by atoms with Gasteiger partial charge < -0.3 is 20.7 Å². The van der Waals surface area contributed by atoms with Crippen LogP contribution in [0.25, 0.3) is 23.1 Å². The van der Waals surface area contributed by atoms with Gasteiger partial charge in [0.25, 0.3) is 5.91 Å². The number of alkyl halides is 3. The molecule has 34 heavy (non-hydrogen) atoms. The first kappa shape index (κ1) is 24.1. The molecular formula is C23H20F3N5O3. The van der Waals surface area contributed by atoms with E-state index in [4.69, 9.17) is 15.6 Å². The number of hydrogen-bond donors (Lipinski definition) is 4. The fourth-order valence-corrected chi connectivity index (χ4v) is 3.04. The van der Waals surface area contributed by atoms with E-state index in [1.54, 1.807) is 23.9 Å². The summed E-state index contributed by atoms with van der Waals surface area (Å²) in [5, 5.41) is 18.5. The van der Waals surface area contributed by atoms with Crippen molar-refractivity contribution in [2.24, 2.45) is 7.05 Å². The predicted molar refractivity (Wildman–Crippen MR) is 123 cm³/mol. The zero-order chi connectivity index (χ0) is 24.9. The Morgan fingerprint density at radius 1 is 1.12 bits per heavy atom. The Balaban J connectivity index is 0.000000406. The Kier molecular flexibility index (Phi) is 7.05. The maximum absolute atomic E-state index is 12.6. The van der Waals surface area contributed by atoms with Gasteiger partial charge in [-0.3, -0.25) is 9.89 Å². The van der Waals surface area contributed by atoms with Crippen LogP contribution < -0.4 is 11.1 Å². The molecule has 5 N–H and O–H groups in total. The number of amides is 1. The number of rotatable bonds is 4. The Bertz CT molecular complexity index is 1360. The summed E-state index contributed by atoms with van der Waals surface area (Å²) in [6.07, 6.45) is 0.505. The van der Waals surface area contributed by atoms with E-state index in [1.807, 2.05) is 60.7 Å². The molecule has 0 aliphatic rings. The molecule has 2 heterocycles. The third-order valence-electron chi connectivity index (χ3n) is 4.63. The molecule has 0 bridgehead atoms. The molecule has 11 heteroatoms. The van der Waals surface area contributed by atoms with Crippen molar-refractivity contribution in [1.29, 1.82) is 0 Å². The quantitative estimate of drug-likeness (QED) is 0.348. The molecule has 0 aliphatic heterocycles. The summed E-state index contributed by atoms with van der Waals surface area (Å²) in [5.74, 6) is -2.97. The zero-order valence-electron chi connectivity index (χ0n) is 17.8. The van der Waals surface area contributed by atoms with E-state index in [0.29, 0.717) is 11.4 Å². The molecule has 8 nitrogen and oxygen atoms in total. The van der Waals surface area contributed by atoms with Crippen LogP contribution in [0.1, 0.15) is 21.7 Å². The highest BCUT2D eigenvalue weighted by Gasteiger charge is 2.38. The van der Waals surface area contributed by atoms with Crippen LogP contribution in [0.2, 0.25) is 0 Å². The Hall–Kier alpha value is -4.54. The molecule has 2 aromatic heterocycles. The number of hydrogen-bond acceptors (Lipinski definition) is 4. The lowest BCUT2D eigenvalue weighted by Crippen LogP contribution is -2.21. The number of benzene rings is 2. The van der Waals surface area contributed by atoms with Gasteiger partial charge in [0.15, 0.2) is 0 Å². The first-order chi connectivity index (χ1) is 16.1. The Morgan fingerprint density at radius 2 is 1.76 bits per heavy atom. The minimum absolute atomic E-state index is 0.208. The predicted octanol–water partition coefficient (Wildman–Crippen LogP) is 4.54. The molecule has 176 valence electrons. The smallest absolute Gasteiger partial charge is 0.475 e. The van der Waals surface area contributed by atoms with Gasteiger partial charge in [0.05, 0.1) is 16.9 Å². The number of carbonyl (C=O) groups is 2. The van der Waals surface area contributed by atoms with Crippen molar-refractivity contribution in [1.82, 2.24) is 14.8 Å². The van der Waals surface area contributed by atoms with Crippen molar-refractivity contribution in [3.05, 3.63) is 77.7 Å². The lowest BCUT2D eigenvalue weighted by atomic mass is 10.1. The van der Waals surface area contributed by atoms with E-state index in [1.165, 1.54) is 0 Å². The lowest BCUT2D eigenvalue weighted by molar-refractivity contribution is -0.192. The van der Waals surface area contributed by atoms with Gasteiger partial charge in [0.1, 0.15) is 5.69 Å². The second kappa shape index (κ2) is 9.94. The SMILES string of the molecule is Cn1cc(N)cc1C(=O)Nc1ccccc1C=Cc1n[nH]c2ccccc12.O=C(O)C(F)(F)F. The number of fused-ring (bicyclic) bond motifs is 1. The van der Waals surface area contributed by atoms with Crippen LogP contribution in [0.3, 0.4) is 0 Å². The number of nitrogen functional groups attached to an aromatic ring is 1. The highest BCUT2D eigenvalue weighted by Crippen LogP contribution is 2.22. The second-order valence-electron chi connectivity index (χ2n) is 7.10. The monoisotopic (exact) mass is 471 g/mol. The van der Waals surface area contributed by atoms with Gasteiger partial charge in [-0.2, -0.15) is 18.3 Å². The number of carboxylic acids is 1. The number of carbonyl (C=O) groups excluding carboxylic acids is 1. The number of nitrogens with zero attached hydrogens (tertiary/aromatic N) is 2. The number of carboxylic acid groups (broad SMARTS) is 1. The molecule has 0 spiro atoms. The number of nitrogens with two attached hydrogens (primary N) is 1. The normalized spacial score (nSPS) is 11.3. The lowest BCUT2D eigenvalue weighted by Gasteiger charge is -2.09. The topological polar surface area (TPSA) is 126 Å². The van der Waals surface area contributed by atoms with Gasteiger partial charge in [-0.25, -0.2) is 4.79 Å². The number of nitrogens with one attached hydrogen (secondary N) is 2. The fourth-order valence-electron chi connectivity index (χ4n) is 3.04. The van der Waals surface area contributed by atoms with Crippen LogP contribution in [-0.2, 0) is 11.8 Å². The van der Waals surface area contributed by atoms with Crippen molar-refractivity contribution >= 4 is 46.3 Å². The summed E-state index contributed by atoms with van der Waals surface area (Å²) >= 11 is 0. The van der Waals surface area contributed by atoms with Crippen LogP contribution >= 0.6 is 0 Å². The van der Waals surface area contributed by atoms with Gasteiger partial charge >= 0.3 is 12.1 Å². The average molecular weight is 471 g/mol. The molecule has 0 unspecified atom stereocenters. The van der Waals surface area contributed by atoms with Gasteiger partial charge in [-0.1, -0.05) is 42.5 Å². The zero-order valence-corrected chi connectivity index (χ0v) is 17.8. The molecule has 2 aromatic carbocycles. The summed E-state index contributed by atoms with van der Waals surface area (Å²) in [5.41, 5.74) is 10.3. The van der Waals surface area contributed by atoms with Crippen LogP contribution in [0.4, 0.5) is 24.5 Å². The van der Waals surface area contributed by atoms with Crippen LogP contribution in [0.5, 0.6) is 0 Å². The summed E-state index contributed by atoms with van der Waals surface area (Å²) in [6.45, 7) is 0. The molecule has 1 amide bonds. The fraction of sp³-hybridized carbons (Fsp3) is 0.0870. The number of aliphatic carboxylic acids is 1. The number of para-hydroxylation sites is 2. The Labute approximate surface area is 191 Å². The number of anilines is 2. The van der Waals surface area contributed by atoms with E-state index < -0.39 is 12.1 Å². The van der Waals surface area contributed by atoms with Gasteiger partial charge in [-0.15, -0.1) is 0 Å². The van der Waals surface area contributed by atoms with Crippen LogP contribution in [0, 0.1) is 0 Å². The van der Waals surface area contributed by atoms with E-state index in [0.717, 1.165) is 27.8 Å². The van der Waals surface area contributed by atoms with Crippen molar-refractivity contribution in [3.63, 3.8) is 0 Å². The Morgan fingerprint density at radius 3 is 2.41 bits per heavy atom.